The highest BCUT2D eigenvalue weighted by Gasteiger charge is 2.25. The second-order valence-electron chi connectivity index (χ2n) is 5.96. The number of rotatable bonds is 2. The van der Waals surface area contributed by atoms with Crippen molar-refractivity contribution in [3.63, 3.8) is 0 Å². The van der Waals surface area contributed by atoms with Crippen LogP contribution in [0.4, 0.5) is 5.69 Å². The first-order valence-electron chi connectivity index (χ1n) is 7.95. The average molecular weight is 322 g/mol. The summed E-state index contributed by atoms with van der Waals surface area (Å²) >= 11 is 0. The molecular formula is C18H18N4O2. The summed E-state index contributed by atoms with van der Waals surface area (Å²) in [5.41, 5.74) is 4.43. The van der Waals surface area contributed by atoms with Gasteiger partial charge in [0.25, 0.3) is 5.91 Å². The van der Waals surface area contributed by atoms with Gasteiger partial charge >= 0.3 is 0 Å². The highest BCUT2D eigenvalue weighted by Crippen LogP contribution is 2.37. The Kier molecular flexibility index (Phi) is 3.26. The van der Waals surface area contributed by atoms with Crippen LogP contribution in [0.5, 0.6) is 5.75 Å². The van der Waals surface area contributed by atoms with Gasteiger partial charge in [0.1, 0.15) is 11.4 Å². The Hall–Kier alpha value is -2.89. The molecule has 0 radical (unpaired) electrons. The van der Waals surface area contributed by atoms with E-state index in [0.717, 1.165) is 33.5 Å². The van der Waals surface area contributed by atoms with Gasteiger partial charge in [0.05, 0.1) is 16.9 Å². The zero-order valence-electron chi connectivity index (χ0n) is 13.9. The van der Waals surface area contributed by atoms with Gasteiger partial charge in [-0.3, -0.25) is 9.48 Å². The Labute approximate surface area is 139 Å². The van der Waals surface area contributed by atoms with Crippen LogP contribution in [-0.2, 0) is 11.8 Å². The van der Waals surface area contributed by atoms with E-state index in [-0.39, 0.29) is 12.5 Å². The molecular weight excluding hydrogens is 304 g/mol. The first-order chi connectivity index (χ1) is 11.6. The smallest absolute Gasteiger partial charge is 0.265 e. The fourth-order valence-electron chi connectivity index (χ4n) is 3.12. The molecule has 1 aliphatic heterocycles. The number of aromatic nitrogens is 3. The maximum Gasteiger partial charge on any atom is 0.265 e. The number of pyridine rings is 1. The van der Waals surface area contributed by atoms with Gasteiger partial charge in [-0.25, -0.2) is 4.98 Å². The molecule has 0 N–H and O–H groups in total. The van der Waals surface area contributed by atoms with Crippen molar-refractivity contribution in [1.82, 2.24) is 14.8 Å². The Balaban J connectivity index is 1.91. The van der Waals surface area contributed by atoms with Crippen molar-refractivity contribution in [3.8, 4) is 17.1 Å². The fraction of sp³-hybridized carbons (Fsp3) is 0.278. The van der Waals surface area contributed by atoms with Crippen LogP contribution in [0, 0.1) is 6.92 Å². The van der Waals surface area contributed by atoms with E-state index in [9.17, 15) is 4.79 Å². The lowest BCUT2D eigenvalue weighted by Crippen LogP contribution is -2.38. The Bertz CT molecular complexity index is 961. The number of amides is 1. The topological polar surface area (TPSA) is 60.3 Å². The number of nitrogens with zero attached hydrogens (tertiary/aromatic N) is 4. The molecule has 6 nitrogen and oxygen atoms in total. The molecule has 3 heterocycles. The maximum absolute atomic E-state index is 12.0. The number of carbonyl (C=O) groups excluding carboxylic acids is 1. The van der Waals surface area contributed by atoms with E-state index in [1.54, 1.807) is 9.58 Å². The third-order valence-electron chi connectivity index (χ3n) is 4.33. The minimum absolute atomic E-state index is 0.0138. The number of hydrogen-bond acceptors (Lipinski definition) is 4. The molecule has 0 spiro atoms. The third-order valence-corrected chi connectivity index (χ3v) is 4.33. The Morgan fingerprint density at radius 1 is 1.25 bits per heavy atom. The van der Waals surface area contributed by atoms with Gasteiger partial charge in [-0.05, 0) is 37.6 Å². The standard InChI is InChI=1S/C18H18N4O2/c1-4-22-16-8-12-11(2)7-15(13-5-6-21(3)20-13)19-14(12)9-17(16)24-10-18(22)23/h5-9H,4,10H2,1-3H3. The molecule has 1 amide bonds. The van der Waals surface area contributed by atoms with E-state index < -0.39 is 0 Å². The number of anilines is 1. The number of fused-ring (bicyclic) bond motifs is 2. The number of hydrogen-bond donors (Lipinski definition) is 0. The highest BCUT2D eigenvalue weighted by atomic mass is 16.5. The lowest BCUT2D eigenvalue weighted by Gasteiger charge is -2.28. The molecule has 1 aliphatic rings. The molecule has 0 bridgehead atoms. The van der Waals surface area contributed by atoms with Crippen LogP contribution < -0.4 is 9.64 Å². The van der Waals surface area contributed by atoms with Crippen molar-refractivity contribution >= 4 is 22.5 Å². The van der Waals surface area contributed by atoms with Crippen LogP contribution in [0.25, 0.3) is 22.3 Å². The first-order valence-corrected chi connectivity index (χ1v) is 7.95. The molecule has 6 heteroatoms. The minimum Gasteiger partial charge on any atom is -0.481 e. The van der Waals surface area contributed by atoms with Gasteiger partial charge < -0.3 is 9.64 Å². The summed E-state index contributed by atoms with van der Waals surface area (Å²) in [6.45, 7) is 4.71. The molecule has 0 fully saturated rings. The third kappa shape index (κ3) is 2.22. The molecule has 1 aromatic carbocycles. The van der Waals surface area contributed by atoms with Crippen molar-refractivity contribution in [1.29, 1.82) is 0 Å². The van der Waals surface area contributed by atoms with Crippen LogP contribution in [0.1, 0.15) is 12.5 Å². The number of ether oxygens (including phenoxy) is 1. The molecule has 0 saturated heterocycles. The van der Waals surface area contributed by atoms with E-state index in [4.69, 9.17) is 9.72 Å². The van der Waals surface area contributed by atoms with E-state index in [1.807, 2.05) is 51.4 Å². The van der Waals surface area contributed by atoms with Crippen LogP contribution in [0.15, 0.2) is 30.5 Å². The lowest BCUT2D eigenvalue weighted by atomic mass is 10.1. The summed E-state index contributed by atoms with van der Waals surface area (Å²) in [7, 11) is 1.89. The van der Waals surface area contributed by atoms with Crippen LogP contribution in [0.3, 0.4) is 0 Å². The first kappa shape index (κ1) is 14.7. The van der Waals surface area contributed by atoms with Gasteiger partial charge in [0.2, 0.25) is 0 Å². The van der Waals surface area contributed by atoms with Crippen LogP contribution in [-0.4, -0.2) is 33.8 Å². The second kappa shape index (κ2) is 5.33. The largest absolute Gasteiger partial charge is 0.481 e. The molecule has 0 unspecified atom stereocenters. The monoisotopic (exact) mass is 322 g/mol. The lowest BCUT2D eigenvalue weighted by molar-refractivity contribution is -0.121. The normalized spacial score (nSPS) is 14.0. The summed E-state index contributed by atoms with van der Waals surface area (Å²) in [5, 5.41) is 5.44. The summed E-state index contributed by atoms with van der Waals surface area (Å²) < 4.78 is 7.38. The predicted molar refractivity (Wildman–Crippen MR) is 92.2 cm³/mol. The van der Waals surface area contributed by atoms with Crippen molar-refractivity contribution in [2.75, 3.05) is 18.1 Å². The molecule has 0 saturated carbocycles. The quantitative estimate of drug-likeness (QED) is 0.728. The van der Waals surface area contributed by atoms with E-state index in [0.29, 0.717) is 12.3 Å². The predicted octanol–water partition coefficient (Wildman–Crippen LogP) is 2.69. The van der Waals surface area contributed by atoms with Crippen molar-refractivity contribution in [2.24, 2.45) is 7.05 Å². The van der Waals surface area contributed by atoms with Gasteiger partial charge in [-0.1, -0.05) is 0 Å². The Morgan fingerprint density at radius 2 is 2.08 bits per heavy atom. The second-order valence-corrected chi connectivity index (χ2v) is 5.96. The van der Waals surface area contributed by atoms with Crippen molar-refractivity contribution in [3.05, 3.63) is 36.0 Å². The van der Waals surface area contributed by atoms with E-state index in [1.165, 1.54) is 0 Å². The molecule has 3 aromatic rings. The van der Waals surface area contributed by atoms with Crippen LogP contribution in [0.2, 0.25) is 0 Å². The fourth-order valence-corrected chi connectivity index (χ4v) is 3.12. The van der Waals surface area contributed by atoms with E-state index >= 15 is 0 Å². The van der Waals surface area contributed by atoms with E-state index in [2.05, 4.69) is 5.10 Å². The number of carbonyl (C=O) groups is 1. The maximum atomic E-state index is 12.0. The minimum atomic E-state index is -0.0138. The molecule has 0 atom stereocenters. The molecule has 122 valence electrons. The molecule has 24 heavy (non-hydrogen) atoms. The number of benzene rings is 1. The number of likely N-dealkylation sites (N-methyl/N-ethyl adjacent to an activating group) is 1. The summed E-state index contributed by atoms with van der Waals surface area (Å²) in [6.07, 6.45) is 1.90. The zero-order valence-corrected chi connectivity index (χ0v) is 13.9. The highest BCUT2D eigenvalue weighted by molar-refractivity contribution is 6.01. The molecule has 4 rings (SSSR count). The summed E-state index contributed by atoms with van der Waals surface area (Å²) in [6, 6.07) is 7.88. The van der Waals surface area contributed by atoms with Crippen molar-refractivity contribution in [2.45, 2.75) is 13.8 Å². The Morgan fingerprint density at radius 3 is 2.79 bits per heavy atom. The molecule has 2 aromatic heterocycles. The average Bonchev–Trinajstić information content (AvgIpc) is 3.00. The zero-order chi connectivity index (χ0) is 16.8. The van der Waals surface area contributed by atoms with Gasteiger partial charge in [0.15, 0.2) is 6.61 Å². The summed E-state index contributed by atoms with van der Waals surface area (Å²) in [4.78, 5) is 18.5. The SMILES string of the molecule is CCN1C(=O)COc2cc3nc(-c4ccn(C)n4)cc(C)c3cc21. The van der Waals surface area contributed by atoms with Crippen LogP contribution >= 0.6 is 0 Å². The molecule has 0 aliphatic carbocycles. The summed E-state index contributed by atoms with van der Waals surface area (Å²) in [5.74, 6) is 0.689. The van der Waals surface area contributed by atoms with Gasteiger partial charge in [-0.2, -0.15) is 5.10 Å². The van der Waals surface area contributed by atoms with Gasteiger partial charge in [0, 0.05) is 31.2 Å². The number of aryl methyl sites for hydroxylation is 2. The van der Waals surface area contributed by atoms with Crippen molar-refractivity contribution < 1.29 is 9.53 Å². The van der Waals surface area contributed by atoms with Gasteiger partial charge in [-0.15, -0.1) is 0 Å².